The van der Waals surface area contributed by atoms with E-state index in [4.69, 9.17) is 0 Å². The Kier molecular flexibility index (Phi) is 9.87. The molecule has 30 heavy (non-hydrogen) atoms. The van der Waals surface area contributed by atoms with E-state index in [1.54, 1.807) is 0 Å². The summed E-state index contributed by atoms with van der Waals surface area (Å²) in [5, 5.41) is 0. The van der Waals surface area contributed by atoms with Crippen LogP contribution in [0.4, 0.5) is 52.7 Å². The minimum Gasteiger partial charge on any atom is -0.402 e. The van der Waals surface area contributed by atoms with Crippen molar-refractivity contribution in [1.29, 1.82) is 0 Å². The second kappa shape index (κ2) is 10.2. The van der Waals surface area contributed by atoms with Crippen molar-refractivity contribution in [3.05, 3.63) is 0 Å². The molecule has 0 amide bonds. The molecule has 0 aliphatic carbocycles. The third-order valence-corrected chi connectivity index (χ3v) is 3.42. The van der Waals surface area contributed by atoms with Crippen LogP contribution in [0.25, 0.3) is 0 Å². The molecule has 0 N–H and O–H groups in total. The van der Waals surface area contributed by atoms with E-state index in [9.17, 15) is 52.7 Å². The fourth-order valence-electron chi connectivity index (χ4n) is 1.43. The van der Waals surface area contributed by atoms with Crippen molar-refractivity contribution in [2.24, 2.45) is 0 Å². The Morgan fingerprint density at radius 3 is 0.633 bits per heavy atom. The molecule has 4 atom stereocenters. The lowest BCUT2D eigenvalue weighted by Gasteiger charge is -2.31. The highest BCUT2D eigenvalue weighted by Gasteiger charge is 2.54. The monoisotopic (exact) mass is 474 g/mol. The van der Waals surface area contributed by atoms with Crippen LogP contribution in [0.3, 0.4) is 0 Å². The Hall–Kier alpha value is -0.870. The largest absolute Gasteiger partial charge is 0.488 e. The molecule has 0 heterocycles. The van der Waals surface area contributed by atoms with Crippen LogP contribution in [0.15, 0.2) is 0 Å². The molecule has 178 valence electrons. The summed E-state index contributed by atoms with van der Waals surface area (Å²) in [6.07, 6.45) is -32.8. The first kappa shape index (κ1) is 29.1. The predicted octanol–water partition coefficient (Wildman–Crippen LogP) is 4.91. The molecular formula is C12H16B2F12O4. The normalized spacial score (nSPS) is 18.0. The fourth-order valence-corrected chi connectivity index (χ4v) is 1.43. The Morgan fingerprint density at radius 1 is 0.400 bits per heavy atom. The number of rotatable bonds is 9. The molecule has 0 aliphatic rings. The Balaban J connectivity index is 5.98. The van der Waals surface area contributed by atoms with Crippen molar-refractivity contribution in [3.63, 3.8) is 0 Å². The molecule has 0 saturated heterocycles. The van der Waals surface area contributed by atoms with Gasteiger partial charge in [0.25, 0.3) is 0 Å². The summed E-state index contributed by atoms with van der Waals surface area (Å²) in [7, 11) is -6.12. The van der Waals surface area contributed by atoms with Gasteiger partial charge in [-0.05, 0) is 27.7 Å². The van der Waals surface area contributed by atoms with Gasteiger partial charge in [0.2, 0.25) is 0 Å². The van der Waals surface area contributed by atoms with E-state index in [0.717, 1.165) is 0 Å². The van der Waals surface area contributed by atoms with E-state index in [-0.39, 0.29) is 27.7 Å². The van der Waals surface area contributed by atoms with Crippen LogP contribution in [0.2, 0.25) is 0 Å². The summed E-state index contributed by atoms with van der Waals surface area (Å²) in [5.74, 6) is 0. The molecule has 0 saturated carbocycles. The van der Waals surface area contributed by atoms with E-state index < -0.39 is 63.1 Å². The minimum absolute atomic E-state index is 0.242. The van der Waals surface area contributed by atoms with E-state index in [2.05, 4.69) is 18.6 Å². The summed E-state index contributed by atoms with van der Waals surface area (Å²) in [5.41, 5.74) is 0. The van der Waals surface area contributed by atoms with Gasteiger partial charge >= 0.3 is 38.7 Å². The van der Waals surface area contributed by atoms with Gasteiger partial charge in [-0.25, -0.2) is 0 Å². The van der Waals surface area contributed by atoms with Crippen molar-refractivity contribution >= 4 is 14.0 Å². The van der Waals surface area contributed by atoms with Crippen molar-refractivity contribution < 1.29 is 71.3 Å². The highest BCUT2D eigenvalue weighted by molar-refractivity contribution is 7.10. The molecule has 0 spiro atoms. The van der Waals surface area contributed by atoms with Gasteiger partial charge in [0, 0.05) is 0 Å². The maximum atomic E-state index is 12.7. The summed E-state index contributed by atoms with van der Waals surface area (Å²) in [4.78, 5) is 0. The van der Waals surface area contributed by atoms with Gasteiger partial charge < -0.3 is 18.6 Å². The summed E-state index contributed by atoms with van der Waals surface area (Å²) in [6.45, 7) is 0.968. The quantitative estimate of drug-likeness (QED) is 0.352. The molecule has 0 aromatic heterocycles. The predicted molar refractivity (Wildman–Crippen MR) is 77.9 cm³/mol. The van der Waals surface area contributed by atoms with Gasteiger partial charge in [0.15, 0.2) is 0 Å². The number of hydrogen-bond acceptors (Lipinski definition) is 4. The van der Waals surface area contributed by atoms with Crippen LogP contribution in [0.5, 0.6) is 0 Å². The molecule has 0 fully saturated rings. The zero-order valence-electron chi connectivity index (χ0n) is 15.6. The summed E-state index contributed by atoms with van der Waals surface area (Å²) < 4.78 is 169. The van der Waals surface area contributed by atoms with Gasteiger partial charge in [0.1, 0.15) is 24.4 Å². The van der Waals surface area contributed by atoms with Crippen LogP contribution in [0.1, 0.15) is 27.7 Å². The lowest BCUT2D eigenvalue weighted by atomic mass is 9.48. The first-order valence-electron chi connectivity index (χ1n) is 7.95. The molecule has 0 rings (SSSR count). The van der Waals surface area contributed by atoms with E-state index in [1.165, 1.54) is 0 Å². The van der Waals surface area contributed by atoms with E-state index in [0.29, 0.717) is 0 Å². The minimum atomic E-state index is -5.25. The number of hydrogen-bond donors (Lipinski definition) is 0. The highest BCUT2D eigenvalue weighted by atomic mass is 19.4. The topological polar surface area (TPSA) is 36.9 Å². The molecule has 18 heteroatoms. The number of alkyl halides is 12. The van der Waals surface area contributed by atoms with Crippen LogP contribution in [-0.4, -0.2) is 63.1 Å². The first-order valence-corrected chi connectivity index (χ1v) is 7.95. The lowest BCUT2D eigenvalue weighted by molar-refractivity contribution is -0.215. The molecule has 0 aromatic rings. The zero-order chi connectivity index (χ0) is 24.3. The maximum absolute atomic E-state index is 12.7. The van der Waals surface area contributed by atoms with Gasteiger partial charge in [-0.2, -0.15) is 52.7 Å². The molecular weight excluding hydrogens is 458 g/mol. The van der Waals surface area contributed by atoms with Crippen molar-refractivity contribution in [3.8, 4) is 0 Å². The van der Waals surface area contributed by atoms with E-state index >= 15 is 0 Å². The maximum Gasteiger partial charge on any atom is 0.488 e. The van der Waals surface area contributed by atoms with Gasteiger partial charge in [-0.1, -0.05) is 0 Å². The molecule has 4 nitrogen and oxygen atoms in total. The third-order valence-electron chi connectivity index (χ3n) is 3.42. The molecule has 0 radical (unpaired) electrons. The van der Waals surface area contributed by atoms with Gasteiger partial charge in [0.05, 0.1) is 0 Å². The summed E-state index contributed by atoms with van der Waals surface area (Å²) in [6, 6.07) is 0. The van der Waals surface area contributed by atoms with Gasteiger partial charge in [-0.3, -0.25) is 0 Å². The van der Waals surface area contributed by atoms with Crippen molar-refractivity contribution in [1.82, 2.24) is 0 Å². The van der Waals surface area contributed by atoms with Crippen molar-refractivity contribution in [2.45, 2.75) is 76.8 Å². The Bertz CT molecular complexity index is 431. The first-order chi connectivity index (χ1) is 13.1. The van der Waals surface area contributed by atoms with Crippen LogP contribution < -0.4 is 0 Å². The smallest absolute Gasteiger partial charge is 0.402 e. The highest BCUT2D eigenvalue weighted by Crippen LogP contribution is 2.31. The van der Waals surface area contributed by atoms with E-state index in [1.807, 2.05) is 0 Å². The van der Waals surface area contributed by atoms with Crippen LogP contribution >= 0.6 is 0 Å². The van der Waals surface area contributed by atoms with Crippen LogP contribution in [-0.2, 0) is 18.6 Å². The Labute approximate surface area is 163 Å². The van der Waals surface area contributed by atoms with Gasteiger partial charge in [-0.15, -0.1) is 0 Å². The van der Waals surface area contributed by atoms with Crippen molar-refractivity contribution in [2.75, 3.05) is 0 Å². The lowest BCUT2D eigenvalue weighted by Crippen LogP contribution is -2.56. The average molecular weight is 474 g/mol. The SMILES string of the molecule is CC(OB(OC(C)C(F)(F)F)B(OC(C)C(F)(F)F)OC(C)C(F)(F)F)C(F)(F)F. The second-order valence-electron chi connectivity index (χ2n) is 6.02. The Morgan fingerprint density at radius 2 is 0.533 bits per heavy atom. The van der Waals surface area contributed by atoms with Crippen LogP contribution in [0, 0.1) is 0 Å². The molecule has 4 unspecified atom stereocenters. The molecule has 0 aliphatic heterocycles. The number of halogens is 12. The second-order valence-corrected chi connectivity index (χ2v) is 6.02. The summed E-state index contributed by atoms with van der Waals surface area (Å²) >= 11 is 0. The standard InChI is InChI=1S/C12H16B2F12O4/c1-5(9(15,16)17)27-13(28-6(2)10(18,19)20)14(29-7(3)11(21,22)23)30-8(4)12(24,25)26/h5-8H,1-4H3. The molecule has 0 aromatic carbocycles. The zero-order valence-corrected chi connectivity index (χ0v) is 15.6. The third kappa shape index (κ3) is 9.96. The fraction of sp³-hybridized carbons (Fsp3) is 1.00. The average Bonchev–Trinajstić information content (AvgIpc) is 2.49. The molecule has 0 bridgehead atoms.